The molecular weight excluding hydrogens is 256 g/mol. The maximum absolute atomic E-state index is 3.89. The summed E-state index contributed by atoms with van der Waals surface area (Å²) in [6, 6.07) is 0.833. The van der Waals surface area contributed by atoms with Gasteiger partial charge in [0.15, 0.2) is 0 Å². The van der Waals surface area contributed by atoms with Crippen molar-refractivity contribution >= 4 is 0 Å². The molecule has 2 aliphatic rings. The lowest BCUT2D eigenvalue weighted by atomic mass is 9.51. The topological polar surface area (TPSA) is 15.3 Å². The highest BCUT2D eigenvalue weighted by molar-refractivity contribution is 5.13. The molecule has 2 fully saturated rings. The molecule has 1 saturated carbocycles. The van der Waals surface area contributed by atoms with Crippen LogP contribution in [0.3, 0.4) is 0 Å². The predicted octanol–water partition coefficient (Wildman–Crippen LogP) is 4.45. The van der Waals surface area contributed by atoms with Gasteiger partial charge in [0, 0.05) is 31.2 Å². The van der Waals surface area contributed by atoms with Crippen molar-refractivity contribution in [1.82, 2.24) is 10.2 Å². The first-order valence-electron chi connectivity index (χ1n) is 9.44. The molecule has 1 aliphatic carbocycles. The van der Waals surface area contributed by atoms with Gasteiger partial charge >= 0.3 is 0 Å². The highest BCUT2D eigenvalue weighted by atomic mass is 15.3. The largest absolute Gasteiger partial charge is 0.308 e. The molecule has 2 nitrogen and oxygen atoms in total. The summed E-state index contributed by atoms with van der Waals surface area (Å²) >= 11 is 0. The van der Waals surface area contributed by atoms with Crippen LogP contribution in [0.5, 0.6) is 0 Å². The van der Waals surface area contributed by atoms with E-state index in [1.807, 2.05) is 0 Å². The summed E-state index contributed by atoms with van der Waals surface area (Å²) in [5.41, 5.74) is 0.941. The molecule has 2 rings (SSSR count). The lowest BCUT2D eigenvalue weighted by Gasteiger charge is -2.63. The third-order valence-corrected chi connectivity index (χ3v) is 6.43. The molecule has 21 heavy (non-hydrogen) atoms. The highest BCUT2D eigenvalue weighted by Gasteiger charge is 2.57. The Hall–Kier alpha value is -0.0800. The monoisotopic (exact) mass is 294 g/mol. The van der Waals surface area contributed by atoms with E-state index in [1.54, 1.807) is 0 Å². The molecule has 0 aromatic carbocycles. The molecule has 2 heteroatoms. The van der Waals surface area contributed by atoms with Crippen molar-refractivity contribution in [2.75, 3.05) is 19.6 Å². The van der Waals surface area contributed by atoms with E-state index in [4.69, 9.17) is 0 Å². The van der Waals surface area contributed by atoms with Crippen LogP contribution in [0.15, 0.2) is 0 Å². The van der Waals surface area contributed by atoms with Crippen LogP contribution in [0.1, 0.15) is 79.6 Å². The molecule has 0 aromatic heterocycles. The Bertz CT molecular complexity index is 318. The minimum absolute atomic E-state index is 0.415. The fraction of sp³-hybridized carbons (Fsp3) is 1.00. The Balaban J connectivity index is 1.97. The number of nitrogens with zero attached hydrogens (tertiary/aromatic N) is 1. The Morgan fingerprint density at radius 2 is 1.76 bits per heavy atom. The third kappa shape index (κ3) is 3.64. The molecule has 1 saturated heterocycles. The summed E-state index contributed by atoms with van der Waals surface area (Å²) in [5, 5.41) is 3.89. The van der Waals surface area contributed by atoms with Crippen LogP contribution >= 0.6 is 0 Å². The molecule has 124 valence electrons. The molecule has 2 atom stereocenters. The van der Waals surface area contributed by atoms with Crippen LogP contribution < -0.4 is 5.32 Å². The van der Waals surface area contributed by atoms with E-state index in [-0.39, 0.29) is 0 Å². The van der Waals surface area contributed by atoms with Crippen LogP contribution in [0.4, 0.5) is 0 Å². The highest BCUT2D eigenvalue weighted by Crippen LogP contribution is 2.54. The number of rotatable bonds is 7. The minimum atomic E-state index is 0.415. The second-order valence-electron chi connectivity index (χ2n) is 8.38. The summed E-state index contributed by atoms with van der Waals surface area (Å²) in [7, 11) is 0. The number of hydrogen-bond acceptors (Lipinski definition) is 2. The first kappa shape index (κ1) is 17.3. The van der Waals surface area contributed by atoms with Gasteiger partial charge in [-0.15, -0.1) is 0 Å². The Morgan fingerprint density at radius 1 is 1.14 bits per heavy atom. The summed E-state index contributed by atoms with van der Waals surface area (Å²) < 4.78 is 0. The molecular formula is C19H38N2. The lowest BCUT2D eigenvalue weighted by molar-refractivity contribution is -0.0924. The van der Waals surface area contributed by atoms with Gasteiger partial charge in [-0.25, -0.2) is 0 Å². The fourth-order valence-electron chi connectivity index (χ4n) is 4.79. The van der Waals surface area contributed by atoms with Crippen molar-refractivity contribution in [3.05, 3.63) is 0 Å². The van der Waals surface area contributed by atoms with Crippen molar-refractivity contribution < 1.29 is 0 Å². The maximum Gasteiger partial charge on any atom is 0.0345 e. The summed E-state index contributed by atoms with van der Waals surface area (Å²) in [4.78, 5) is 2.84. The van der Waals surface area contributed by atoms with Crippen molar-refractivity contribution in [3.8, 4) is 0 Å². The van der Waals surface area contributed by atoms with E-state index in [9.17, 15) is 0 Å². The van der Waals surface area contributed by atoms with Crippen LogP contribution in [-0.2, 0) is 0 Å². The number of hydrogen-bond donors (Lipinski definition) is 1. The predicted molar refractivity (Wildman–Crippen MR) is 92.7 cm³/mol. The first-order valence-corrected chi connectivity index (χ1v) is 9.44. The number of piperazine rings is 1. The zero-order valence-corrected chi connectivity index (χ0v) is 15.2. The number of unbranched alkanes of at least 4 members (excludes halogenated alkanes) is 2. The van der Waals surface area contributed by atoms with Crippen LogP contribution in [0, 0.1) is 11.3 Å². The van der Waals surface area contributed by atoms with Crippen molar-refractivity contribution in [3.63, 3.8) is 0 Å². The maximum atomic E-state index is 3.89. The van der Waals surface area contributed by atoms with Gasteiger partial charge < -0.3 is 5.32 Å². The van der Waals surface area contributed by atoms with Gasteiger partial charge in [0.1, 0.15) is 0 Å². The number of nitrogens with one attached hydrogen (secondary N) is 1. The fourth-order valence-corrected chi connectivity index (χ4v) is 4.79. The quantitative estimate of drug-likeness (QED) is 0.746. The molecule has 0 aromatic rings. The van der Waals surface area contributed by atoms with Gasteiger partial charge in [-0.2, -0.15) is 0 Å². The average molecular weight is 295 g/mol. The summed E-state index contributed by atoms with van der Waals surface area (Å²) in [6.07, 6.45) is 9.63. The zero-order valence-electron chi connectivity index (χ0n) is 15.2. The van der Waals surface area contributed by atoms with Gasteiger partial charge in [0.05, 0.1) is 0 Å². The summed E-state index contributed by atoms with van der Waals surface area (Å²) in [6.45, 7) is 15.7. The van der Waals surface area contributed by atoms with Crippen LogP contribution in [-0.4, -0.2) is 36.1 Å². The Labute approximate surface area is 133 Å². The second kappa shape index (κ2) is 7.00. The van der Waals surface area contributed by atoms with Gasteiger partial charge in [0.25, 0.3) is 0 Å². The lowest BCUT2D eigenvalue weighted by Crippen LogP contribution is -2.74. The summed E-state index contributed by atoms with van der Waals surface area (Å²) in [5.74, 6) is 0.797. The average Bonchev–Trinajstić information content (AvgIpc) is 2.47. The molecule has 1 N–H and O–H groups in total. The molecule has 0 radical (unpaired) electrons. The van der Waals surface area contributed by atoms with Gasteiger partial charge in [-0.1, -0.05) is 60.3 Å². The van der Waals surface area contributed by atoms with Gasteiger partial charge in [-0.3, -0.25) is 4.90 Å². The Morgan fingerprint density at radius 3 is 2.24 bits per heavy atom. The SMILES string of the molecule is CCCCC(CCCC)N1CCNC2(C1)CC(C)(C)C2C. The smallest absolute Gasteiger partial charge is 0.0345 e. The van der Waals surface area contributed by atoms with E-state index in [0.29, 0.717) is 11.0 Å². The van der Waals surface area contributed by atoms with Crippen molar-refractivity contribution in [2.45, 2.75) is 91.1 Å². The molecule has 1 spiro atoms. The molecule has 0 amide bonds. The first-order chi connectivity index (χ1) is 9.95. The minimum Gasteiger partial charge on any atom is -0.308 e. The molecule has 1 heterocycles. The third-order valence-electron chi connectivity index (χ3n) is 6.43. The van der Waals surface area contributed by atoms with Crippen LogP contribution in [0.2, 0.25) is 0 Å². The molecule has 1 aliphatic heterocycles. The molecule has 2 unspecified atom stereocenters. The normalized spacial score (nSPS) is 32.6. The van der Waals surface area contributed by atoms with Gasteiger partial charge in [-0.05, 0) is 30.6 Å². The van der Waals surface area contributed by atoms with E-state index in [1.165, 1.54) is 64.6 Å². The van der Waals surface area contributed by atoms with Crippen molar-refractivity contribution in [1.29, 1.82) is 0 Å². The van der Waals surface area contributed by atoms with E-state index in [2.05, 4.69) is 44.8 Å². The van der Waals surface area contributed by atoms with E-state index >= 15 is 0 Å². The van der Waals surface area contributed by atoms with Gasteiger partial charge in [0.2, 0.25) is 0 Å². The molecule has 0 bridgehead atoms. The zero-order chi connectivity index (χ0) is 15.5. The standard InChI is InChI=1S/C19H38N2/c1-6-8-10-17(11-9-7-2)21-13-12-20-19(15-21)14-18(4,5)16(19)3/h16-17,20H,6-15H2,1-5H3. The van der Waals surface area contributed by atoms with E-state index in [0.717, 1.165) is 12.0 Å². The Kier molecular flexibility index (Phi) is 5.76. The second-order valence-corrected chi connectivity index (χ2v) is 8.38. The van der Waals surface area contributed by atoms with Crippen molar-refractivity contribution in [2.24, 2.45) is 11.3 Å². The van der Waals surface area contributed by atoms with E-state index < -0.39 is 0 Å². The van der Waals surface area contributed by atoms with Crippen LogP contribution in [0.25, 0.3) is 0 Å².